The van der Waals surface area contributed by atoms with Gasteiger partial charge in [0.15, 0.2) is 0 Å². The van der Waals surface area contributed by atoms with Crippen LogP contribution in [0.4, 0.5) is 13.2 Å². The molecule has 0 spiro atoms. The molecule has 1 N–H and O–H groups in total. The highest BCUT2D eigenvalue weighted by Crippen LogP contribution is 2.34. The number of carbonyl (C=O) groups excluding carboxylic acids is 1. The maximum Gasteiger partial charge on any atom is 0.416 e. The number of rotatable bonds is 2. The number of nitrogens with zero attached hydrogens (tertiary/aromatic N) is 1. The van der Waals surface area contributed by atoms with Crippen LogP contribution in [0, 0.1) is 5.92 Å². The molecule has 3 rings (SSSR count). The quantitative estimate of drug-likeness (QED) is 0.787. The molecule has 1 amide bonds. The first kappa shape index (κ1) is 18.0. The Bertz CT molecular complexity index is 799. The van der Waals surface area contributed by atoms with Gasteiger partial charge in [-0.1, -0.05) is 18.5 Å². The number of benzene rings is 1. The van der Waals surface area contributed by atoms with Crippen LogP contribution in [0.2, 0.25) is 5.02 Å². The van der Waals surface area contributed by atoms with Gasteiger partial charge in [-0.25, -0.2) is 0 Å². The van der Waals surface area contributed by atoms with Crippen LogP contribution in [0.3, 0.4) is 0 Å². The Morgan fingerprint density at radius 2 is 1.92 bits per heavy atom. The fourth-order valence-corrected chi connectivity index (χ4v) is 3.45. The van der Waals surface area contributed by atoms with Gasteiger partial charge in [-0.3, -0.25) is 9.78 Å². The lowest BCUT2D eigenvalue weighted by Crippen LogP contribution is -2.37. The van der Waals surface area contributed by atoms with Crippen LogP contribution in [0.5, 0.6) is 0 Å². The summed E-state index contributed by atoms with van der Waals surface area (Å²) in [5, 5.41) is 3.04. The topological polar surface area (TPSA) is 42.0 Å². The third kappa shape index (κ3) is 3.89. The summed E-state index contributed by atoms with van der Waals surface area (Å²) in [5.41, 5.74) is -0.393. The van der Waals surface area contributed by atoms with Crippen LogP contribution in [0.25, 0.3) is 10.9 Å². The molecule has 1 aliphatic rings. The molecule has 1 aromatic carbocycles. The van der Waals surface area contributed by atoms with Crippen molar-refractivity contribution in [1.82, 2.24) is 10.3 Å². The minimum atomic E-state index is -4.48. The number of pyridine rings is 1. The zero-order chi connectivity index (χ0) is 18.2. The second kappa shape index (κ2) is 6.83. The normalized spacial score (nSPS) is 21.3. The smallest absolute Gasteiger partial charge is 0.349 e. The molecule has 3 nitrogen and oxygen atoms in total. The van der Waals surface area contributed by atoms with Crippen LogP contribution >= 0.6 is 11.6 Å². The van der Waals surface area contributed by atoms with Gasteiger partial charge in [-0.05, 0) is 49.8 Å². The van der Waals surface area contributed by atoms with Crippen LogP contribution in [0.15, 0.2) is 24.4 Å². The van der Waals surface area contributed by atoms with Crippen molar-refractivity contribution in [1.29, 1.82) is 0 Å². The first-order valence-corrected chi connectivity index (χ1v) is 8.60. The molecule has 0 bridgehead atoms. The number of alkyl halides is 3. The zero-order valence-electron chi connectivity index (χ0n) is 13.7. The lowest BCUT2D eigenvalue weighted by Gasteiger charge is -2.27. The summed E-state index contributed by atoms with van der Waals surface area (Å²) in [6, 6.07) is 3.21. The molecule has 134 valence electrons. The van der Waals surface area contributed by atoms with Crippen LogP contribution in [-0.4, -0.2) is 16.9 Å². The Balaban J connectivity index is 1.88. The van der Waals surface area contributed by atoms with Gasteiger partial charge >= 0.3 is 6.18 Å². The number of hydrogen-bond acceptors (Lipinski definition) is 2. The highest BCUT2D eigenvalue weighted by molar-refractivity contribution is 6.38. The van der Waals surface area contributed by atoms with Crippen molar-refractivity contribution >= 4 is 28.4 Å². The first-order valence-electron chi connectivity index (χ1n) is 8.22. The van der Waals surface area contributed by atoms with Crippen molar-refractivity contribution in [2.45, 2.75) is 44.8 Å². The second-order valence-electron chi connectivity index (χ2n) is 6.65. The number of amides is 1. The van der Waals surface area contributed by atoms with E-state index in [2.05, 4.69) is 17.2 Å². The zero-order valence-corrected chi connectivity index (χ0v) is 14.4. The molecule has 2 aromatic rings. The van der Waals surface area contributed by atoms with Crippen molar-refractivity contribution in [2.75, 3.05) is 0 Å². The van der Waals surface area contributed by atoms with Gasteiger partial charge < -0.3 is 5.32 Å². The Kier molecular flexibility index (Phi) is 4.91. The second-order valence-corrected chi connectivity index (χ2v) is 7.02. The Labute approximate surface area is 148 Å². The van der Waals surface area contributed by atoms with Crippen molar-refractivity contribution < 1.29 is 18.0 Å². The van der Waals surface area contributed by atoms with Gasteiger partial charge in [0.2, 0.25) is 0 Å². The van der Waals surface area contributed by atoms with Gasteiger partial charge in [0.25, 0.3) is 5.91 Å². The number of halogens is 4. The largest absolute Gasteiger partial charge is 0.416 e. The average Bonchev–Trinajstić information content (AvgIpc) is 2.56. The molecule has 0 atom stereocenters. The Morgan fingerprint density at radius 3 is 2.56 bits per heavy atom. The number of aromatic nitrogens is 1. The lowest BCUT2D eigenvalue weighted by atomic mass is 9.87. The maximum absolute atomic E-state index is 12.9. The third-order valence-corrected chi connectivity index (χ3v) is 5.13. The van der Waals surface area contributed by atoms with E-state index < -0.39 is 17.6 Å². The standard InChI is InChI=1S/C18H18ClF3N2O/c1-10-2-5-12(6-3-10)24-17(25)14-9-23-15-7-4-11(18(20,21)22)8-13(15)16(14)19/h4,7-10,12H,2-3,5-6H2,1H3,(H,24,25)/t10-,12-. The van der Waals surface area contributed by atoms with Gasteiger partial charge in [-0.2, -0.15) is 13.2 Å². The summed E-state index contributed by atoms with van der Waals surface area (Å²) in [7, 11) is 0. The molecule has 0 aliphatic heterocycles. The van der Waals surface area contributed by atoms with E-state index in [9.17, 15) is 18.0 Å². The van der Waals surface area contributed by atoms with E-state index in [4.69, 9.17) is 11.6 Å². The minimum Gasteiger partial charge on any atom is -0.349 e. The van der Waals surface area contributed by atoms with Gasteiger partial charge in [0, 0.05) is 17.6 Å². The van der Waals surface area contributed by atoms with E-state index in [1.165, 1.54) is 12.3 Å². The molecule has 25 heavy (non-hydrogen) atoms. The molecule has 0 radical (unpaired) electrons. The van der Waals surface area contributed by atoms with Crippen molar-refractivity contribution in [3.8, 4) is 0 Å². The van der Waals surface area contributed by atoms with E-state index in [0.717, 1.165) is 37.8 Å². The van der Waals surface area contributed by atoms with E-state index >= 15 is 0 Å². The molecule has 1 fully saturated rings. The summed E-state index contributed by atoms with van der Waals surface area (Å²) in [4.78, 5) is 16.6. The van der Waals surface area contributed by atoms with Gasteiger partial charge in [0.1, 0.15) is 0 Å². The minimum absolute atomic E-state index is 0.00206. The summed E-state index contributed by atoms with van der Waals surface area (Å²) < 4.78 is 38.7. The molecule has 0 unspecified atom stereocenters. The van der Waals surface area contributed by atoms with Crippen LogP contribution < -0.4 is 5.32 Å². The van der Waals surface area contributed by atoms with E-state index in [-0.39, 0.29) is 22.0 Å². The van der Waals surface area contributed by atoms with Crippen molar-refractivity contribution in [3.05, 3.63) is 40.5 Å². The lowest BCUT2D eigenvalue weighted by molar-refractivity contribution is -0.137. The molecule has 7 heteroatoms. The number of nitrogens with one attached hydrogen (secondary N) is 1. The molecular weight excluding hydrogens is 353 g/mol. The van der Waals surface area contributed by atoms with E-state index in [0.29, 0.717) is 11.4 Å². The molecule has 1 heterocycles. The number of carbonyl (C=O) groups is 1. The van der Waals surface area contributed by atoms with Crippen LogP contribution in [0.1, 0.15) is 48.5 Å². The van der Waals surface area contributed by atoms with Gasteiger partial charge in [0.05, 0.1) is 21.7 Å². The Hall–Kier alpha value is -1.82. The monoisotopic (exact) mass is 370 g/mol. The van der Waals surface area contributed by atoms with E-state index in [1.54, 1.807) is 0 Å². The van der Waals surface area contributed by atoms with Crippen molar-refractivity contribution in [3.63, 3.8) is 0 Å². The molecular formula is C18H18ClF3N2O. The summed E-state index contributed by atoms with van der Waals surface area (Å²) in [6.07, 6.45) is 0.716. The molecule has 1 aliphatic carbocycles. The van der Waals surface area contributed by atoms with Gasteiger partial charge in [-0.15, -0.1) is 0 Å². The summed E-state index contributed by atoms with van der Waals surface area (Å²) in [5.74, 6) is 0.260. The molecule has 1 saturated carbocycles. The summed E-state index contributed by atoms with van der Waals surface area (Å²) >= 11 is 6.23. The van der Waals surface area contributed by atoms with Crippen molar-refractivity contribution in [2.24, 2.45) is 5.92 Å². The maximum atomic E-state index is 12.9. The fourth-order valence-electron chi connectivity index (χ4n) is 3.16. The van der Waals surface area contributed by atoms with E-state index in [1.807, 2.05) is 0 Å². The SMILES string of the molecule is C[C@H]1CC[C@H](NC(=O)c2cnc3ccc(C(F)(F)F)cc3c2Cl)CC1. The third-order valence-electron chi connectivity index (χ3n) is 4.73. The average molecular weight is 371 g/mol. The predicted octanol–water partition coefficient (Wildman–Crippen LogP) is 5.22. The van der Waals surface area contributed by atoms with Crippen LogP contribution in [-0.2, 0) is 6.18 Å². The fraction of sp³-hybridized carbons (Fsp3) is 0.444. The highest BCUT2D eigenvalue weighted by Gasteiger charge is 2.31. The highest BCUT2D eigenvalue weighted by atomic mass is 35.5. The molecule has 0 saturated heterocycles. The summed E-state index contributed by atoms with van der Waals surface area (Å²) in [6.45, 7) is 2.18. The Morgan fingerprint density at radius 1 is 1.24 bits per heavy atom. The number of fused-ring (bicyclic) bond motifs is 1. The molecule has 1 aromatic heterocycles. The predicted molar refractivity (Wildman–Crippen MR) is 90.6 cm³/mol. The number of hydrogen-bond donors (Lipinski definition) is 1. The first-order chi connectivity index (χ1) is 11.8.